The van der Waals surface area contributed by atoms with Gasteiger partial charge >= 0.3 is 0 Å². The van der Waals surface area contributed by atoms with Crippen LogP contribution in [0, 0.1) is 0 Å². The molecule has 0 amide bonds. The fourth-order valence-corrected chi connectivity index (χ4v) is 1.33. The van der Waals surface area contributed by atoms with Crippen LogP contribution in [0.3, 0.4) is 0 Å². The number of halogens is 1. The van der Waals surface area contributed by atoms with Crippen LogP contribution in [0.5, 0.6) is 0 Å². The highest BCUT2D eigenvalue weighted by Crippen LogP contribution is 2.16. The SMILES string of the molecule is O[n+]1ccc2ccc(Cl)cc2c1. The topological polar surface area (TPSA) is 24.1 Å². The van der Waals surface area contributed by atoms with E-state index in [2.05, 4.69) is 0 Å². The Bertz CT molecular complexity index is 391. The van der Waals surface area contributed by atoms with Gasteiger partial charge in [-0.25, -0.2) is 0 Å². The number of rotatable bonds is 0. The van der Waals surface area contributed by atoms with Gasteiger partial charge in [-0.2, -0.15) is 0 Å². The molecular weight excluding hydrogens is 174 g/mol. The Hall–Kier alpha value is -1.28. The molecule has 0 bridgehead atoms. The smallest absolute Gasteiger partial charge is 0.230 e. The second-order valence-electron chi connectivity index (χ2n) is 2.60. The summed E-state index contributed by atoms with van der Waals surface area (Å²) in [4.78, 5) is 0. The molecule has 1 N–H and O–H groups in total. The molecule has 2 aromatic rings. The average molecular weight is 181 g/mol. The monoisotopic (exact) mass is 180 g/mol. The van der Waals surface area contributed by atoms with Crippen molar-refractivity contribution in [1.29, 1.82) is 0 Å². The fraction of sp³-hybridized carbons (Fsp3) is 0. The molecule has 0 unspecified atom stereocenters. The highest BCUT2D eigenvalue weighted by atomic mass is 35.5. The van der Waals surface area contributed by atoms with Gasteiger partial charge < -0.3 is 0 Å². The van der Waals surface area contributed by atoms with Gasteiger partial charge in [0.2, 0.25) is 12.4 Å². The summed E-state index contributed by atoms with van der Waals surface area (Å²) in [6.45, 7) is 0. The molecule has 0 aliphatic rings. The first-order chi connectivity index (χ1) is 5.75. The van der Waals surface area contributed by atoms with Crippen LogP contribution in [0.4, 0.5) is 0 Å². The van der Waals surface area contributed by atoms with E-state index in [9.17, 15) is 0 Å². The lowest BCUT2D eigenvalue weighted by atomic mass is 10.2. The maximum Gasteiger partial charge on any atom is 0.230 e. The van der Waals surface area contributed by atoms with Crippen LogP contribution in [-0.2, 0) is 0 Å². The molecule has 0 radical (unpaired) electrons. The lowest BCUT2D eigenvalue weighted by Crippen LogP contribution is -2.27. The third kappa shape index (κ3) is 1.21. The maximum absolute atomic E-state index is 9.09. The van der Waals surface area contributed by atoms with E-state index in [-0.39, 0.29) is 0 Å². The van der Waals surface area contributed by atoms with E-state index in [4.69, 9.17) is 16.8 Å². The van der Waals surface area contributed by atoms with Gasteiger partial charge in [-0.3, -0.25) is 5.21 Å². The lowest BCUT2D eigenvalue weighted by Gasteiger charge is -1.93. The Morgan fingerprint density at radius 3 is 2.83 bits per heavy atom. The minimum absolute atomic E-state index is 0.675. The molecule has 1 aromatic carbocycles. The van der Waals surface area contributed by atoms with E-state index in [1.54, 1.807) is 12.4 Å². The van der Waals surface area contributed by atoms with Crippen molar-refractivity contribution < 1.29 is 9.94 Å². The minimum atomic E-state index is 0.675. The zero-order chi connectivity index (χ0) is 8.55. The van der Waals surface area contributed by atoms with E-state index >= 15 is 0 Å². The summed E-state index contributed by atoms with van der Waals surface area (Å²) < 4.78 is 1.01. The van der Waals surface area contributed by atoms with Crippen LogP contribution in [0.2, 0.25) is 5.02 Å². The van der Waals surface area contributed by atoms with Gasteiger partial charge in [-0.05, 0) is 17.5 Å². The quantitative estimate of drug-likeness (QED) is 0.487. The third-order valence-corrected chi connectivity index (χ3v) is 1.96. The molecule has 0 spiro atoms. The normalized spacial score (nSPS) is 10.4. The predicted molar refractivity (Wildman–Crippen MR) is 46.3 cm³/mol. The van der Waals surface area contributed by atoms with E-state index in [1.807, 2.05) is 24.3 Å². The van der Waals surface area contributed by atoms with Gasteiger partial charge in [-0.1, -0.05) is 17.7 Å². The maximum atomic E-state index is 9.09. The standard InChI is InChI=1S/C9H7ClNO/c10-9-2-1-7-3-4-11(12)6-8(7)5-9/h1-6,12H/q+1. The average Bonchev–Trinajstić information content (AvgIpc) is 2.03. The van der Waals surface area contributed by atoms with Gasteiger partial charge in [0.15, 0.2) is 0 Å². The van der Waals surface area contributed by atoms with Crippen molar-refractivity contribution in [3.63, 3.8) is 0 Å². The molecule has 0 saturated heterocycles. The molecule has 3 heteroatoms. The molecule has 2 rings (SSSR count). The van der Waals surface area contributed by atoms with Crippen molar-refractivity contribution in [3.05, 3.63) is 41.7 Å². The molecule has 0 atom stereocenters. The number of fused-ring (bicyclic) bond motifs is 1. The van der Waals surface area contributed by atoms with Crippen molar-refractivity contribution in [2.45, 2.75) is 0 Å². The Labute approximate surface area is 74.6 Å². The fourth-order valence-electron chi connectivity index (χ4n) is 1.15. The first-order valence-electron chi connectivity index (χ1n) is 3.55. The van der Waals surface area contributed by atoms with E-state index < -0.39 is 0 Å². The minimum Gasteiger partial charge on any atom is -0.285 e. The number of hydrogen-bond donors (Lipinski definition) is 1. The summed E-state index contributed by atoms with van der Waals surface area (Å²) in [5.74, 6) is 0. The first-order valence-corrected chi connectivity index (χ1v) is 3.93. The number of nitrogens with zero attached hydrogens (tertiary/aromatic N) is 1. The van der Waals surface area contributed by atoms with Crippen molar-refractivity contribution in [2.24, 2.45) is 0 Å². The summed E-state index contributed by atoms with van der Waals surface area (Å²) in [5.41, 5.74) is 0. The van der Waals surface area contributed by atoms with Crippen LogP contribution in [0.25, 0.3) is 10.8 Å². The molecule has 60 valence electrons. The Kier molecular flexibility index (Phi) is 1.62. The molecule has 2 nitrogen and oxygen atoms in total. The second-order valence-corrected chi connectivity index (χ2v) is 3.03. The molecule has 0 saturated carbocycles. The van der Waals surface area contributed by atoms with Crippen molar-refractivity contribution >= 4 is 22.4 Å². The summed E-state index contributed by atoms with van der Waals surface area (Å²) in [6, 6.07) is 7.37. The van der Waals surface area contributed by atoms with Crippen molar-refractivity contribution in [3.8, 4) is 0 Å². The zero-order valence-electron chi connectivity index (χ0n) is 6.24. The van der Waals surface area contributed by atoms with E-state index in [0.29, 0.717) is 5.02 Å². The molecular formula is C9H7ClNO+. The van der Waals surface area contributed by atoms with E-state index in [0.717, 1.165) is 15.5 Å². The third-order valence-electron chi connectivity index (χ3n) is 1.73. The molecule has 0 fully saturated rings. The van der Waals surface area contributed by atoms with Crippen LogP contribution in [0.15, 0.2) is 36.7 Å². The molecule has 0 aliphatic carbocycles. The van der Waals surface area contributed by atoms with Crippen LogP contribution < -0.4 is 4.73 Å². The van der Waals surface area contributed by atoms with Crippen LogP contribution >= 0.6 is 11.6 Å². The summed E-state index contributed by atoms with van der Waals surface area (Å²) in [5, 5.41) is 11.8. The van der Waals surface area contributed by atoms with E-state index in [1.165, 1.54) is 0 Å². The molecule has 1 heterocycles. The highest BCUT2D eigenvalue weighted by molar-refractivity contribution is 6.31. The number of benzene rings is 1. The Morgan fingerprint density at radius 2 is 2.00 bits per heavy atom. The van der Waals surface area contributed by atoms with Crippen molar-refractivity contribution in [1.82, 2.24) is 0 Å². The Balaban J connectivity index is 2.80. The van der Waals surface area contributed by atoms with Gasteiger partial charge in [-0.15, -0.1) is 0 Å². The van der Waals surface area contributed by atoms with Gasteiger partial charge in [0.25, 0.3) is 0 Å². The Morgan fingerprint density at radius 1 is 1.17 bits per heavy atom. The van der Waals surface area contributed by atoms with Gasteiger partial charge in [0, 0.05) is 15.8 Å². The summed E-state index contributed by atoms with van der Waals surface area (Å²) in [7, 11) is 0. The first kappa shape index (κ1) is 7.37. The molecule has 0 aliphatic heterocycles. The van der Waals surface area contributed by atoms with Crippen LogP contribution in [-0.4, -0.2) is 5.21 Å². The molecule has 12 heavy (non-hydrogen) atoms. The molecule has 1 aromatic heterocycles. The zero-order valence-corrected chi connectivity index (χ0v) is 6.99. The van der Waals surface area contributed by atoms with Crippen LogP contribution in [0.1, 0.15) is 0 Å². The predicted octanol–water partition coefficient (Wildman–Crippen LogP) is 2.02. The number of pyridine rings is 1. The number of hydrogen-bond acceptors (Lipinski definition) is 1. The summed E-state index contributed by atoms with van der Waals surface area (Å²) in [6.07, 6.45) is 3.19. The second kappa shape index (κ2) is 2.64. The van der Waals surface area contributed by atoms with Gasteiger partial charge in [0.05, 0.1) is 5.39 Å². The van der Waals surface area contributed by atoms with Crippen molar-refractivity contribution in [2.75, 3.05) is 0 Å². The number of aromatic nitrogens is 1. The van der Waals surface area contributed by atoms with Gasteiger partial charge in [0.1, 0.15) is 0 Å². The summed E-state index contributed by atoms with van der Waals surface area (Å²) >= 11 is 5.78. The lowest BCUT2D eigenvalue weighted by molar-refractivity contribution is -0.903. The highest BCUT2D eigenvalue weighted by Gasteiger charge is 2.00. The largest absolute Gasteiger partial charge is 0.285 e.